The third-order valence-corrected chi connectivity index (χ3v) is 6.40. The number of rotatable bonds is 8. The summed E-state index contributed by atoms with van der Waals surface area (Å²) in [6.07, 6.45) is 1.07. The molecule has 5 nitrogen and oxygen atoms in total. The molecule has 1 amide bonds. The first-order valence-electron chi connectivity index (χ1n) is 10.8. The van der Waals surface area contributed by atoms with Gasteiger partial charge >= 0.3 is 0 Å². The molecule has 168 valence electrons. The van der Waals surface area contributed by atoms with Gasteiger partial charge in [0.05, 0.1) is 11.3 Å². The largest absolute Gasteiger partial charge is 0.325 e. The van der Waals surface area contributed by atoms with Crippen LogP contribution in [0.3, 0.4) is 0 Å². The Bertz CT molecular complexity index is 1220. The van der Waals surface area contributed by atoms with Crippen LogP contribution in [0.25, 0.3) is 17.1 Å². The number of para-hydroxylation sites is 1. The maximum absolute atomic E-state index is 14.5. The fourth-order valence-electron chi connectivity index (χ4n) is 3.45. The van der Waals surface area contributed by atoms with Crippen molar-refractivity contribution in [3.63, 3.8) is 0 Å². The van der Waals surface area contributed by atoms with Gasteiger partial charge in [-0.25, -0.2) is 4.39 Å². The van der Waals surface area contributed by atoms with E-state index in [0.717, 1.165) is 17.8 Å². The third-order valence-electron chi connectivity index (χ3n) is 5.47. The van der Waals surface area contributed by atoms with E-state index in [9.17, 15) is 9.18 Å². The smallest absolute Gasteiger partial charge is 0.234 e. The maximum Gasteiger partial charge on any atom is 0.234 e. The van der Waals surface area contributed by atoms with E-state index in [4.69, 9.17) is 0 Å². The molecule has 3 aromatic carbocycles. The van der Waals surface area contributed by atoms with Crippen molar-refractivity contribution in [2.24, 2.45) is 0 Å². The average Bonchev–Trinajstić information content (AvgIpc) is 3.27. The van der Waals surface area contributed by atoms with Crippen molar-refractivity contribution < 1.29 is 9.18 Å². The minimum absolute atomic E-state index is 0.147. The Morgan fingerprint density at radius 2 is 1.70 bits per heavy atom. The van der Waals surface area contributed by atoms with Crippen LogP contribution in [0.4, 0.5) is 10.1 Å². The van der Waals surface area contributed by atoms with E-state index in [1.807, 2.05) is 54.6 Å². The molecule has 0 aliphatic carbocycles. The Balaban J connectivity index is 1.52. The Morgan fingerprint density at radius 1 is 1.00 bits per heavy atom. The van der Waals surface area contributed by atoms with E-state index in [2.05, 4.69) is 29.4 Å². The fourth-order valence-corrected chi connectivity index (χ4v) is 4.20. The van der Waals surface area contributed by atoms with Crippen LogP contribution in [0.1, 0.15) is 31.7 Å². The minimum Gasteiger partial charge on any atom is -0.325 e. The number of carbonyl (C=O) groups is 1. The molecular weight excluding hydrogens is 435 g/mol. The van der Waals surface area contributed by atoms with Crippen molar-refractivity contribution in [2.45, 2.75) is 31.3 Å². The first-order chi connectivity index (χ1) is 16.1. The number of nitrogens with one attached hydrogen (secondary N) is 1. The van der Waals surface area contributed by atoms with Gasteiger partial charge in [0, 0.05) is 11.4 Å². The first-order valence-corrected chi connectivity index (χ1v) is 11.8. The zero-order valence-corrected chi connectivity index (χ0v) is 19.3. The lowest BCUT2D eigenvalue weighted by molar-refractivity contribution is -0.113. The second-order valence-corrected chi connectivity index (χ2v) is 8.67. The number of hydrogen-bond acceptors (Lipinski definition) is 4. The Morgan fingerprint density at radius 3 is 2.39 bits per heavy atom. The monoisotopic (exact) mass is 460 g/mol. The van der Waals surface area contributed by atoms with Gasteiger partial charge in [0.15, 0.2) is 11.0 Å². The van der Waals surface area contributed by atoms with E-state index in [1.165, 1.54) is 23.4 Å². The van der Waals surface area contributed by atoms with E-state index in [0.29, 0.717) is 22.5 Å². The van der Waals surface area contributed by atoms with E-state index in [1.54, 1.807) is 22.8 Å². The van der Waals surface area contributed by atoms with Gasteiger partial charge < -0.3 is 5.32 Å². The molecule has 0 spiro atoms. The predicted molar refractivity (Wildman–Crippen MR) is 131 cm³/mol. The van der Waals surface area contributed by atoms with Gasteiger partial charge in [-0.1, -0.05) is 68.1 Å². The second kappa shape index (κ2) is 10.4. The molecule has 0 aliphatic rings. The molecule has 0 saturated heterocycles. The molecule has 0 bridgehead atoms. The zero-order valence-electron chi connectivity index (χ0n) is 18.5. The Hall–Kier alpha value is -3.45. The van der Waals surface area contributed by atoms with Crippen molar-refractivity contribution in [1.29, 1.82) is 0 Å². The topological polar surface area (TPSA) is 59.8 Å². The SMILES string of the molecule is CC[C@@H](C)c1ccc(NC(=O)CSc2nnc(-c3ccccc3F)n2-c2ccccc2)cc1. The number of hydrogen-bond donors (Lipinski definition) is 1. The summed E-state index contributed by atoms with van der Waals surface area (Å²) in [4.78, 5) is 12.6. The molecule has 0 fully saturated rings. The normalized spacial score (nSPS) is 11.8. The van der Waals surface area contributed by atoms with Gasteiger partial charge in [-0.2, -0.15) is 0 Å². The number of aromatic nitrogens is 3. The van der Waals surface area contributed by atoms with Crippen LogP contribution in [0.15, 0.2) is 84.0 Å². The summed E-state index contributed by atoms with van der Waals surface area (Å²) in [6, 6.07) is 23.9. The van der Waals surface area contributed by atoms with Gasteiger partial charge in [0.2, 0.25) is 5.91 Å². The van der Waals surface area contributed by atoms with Gasteiger partial charge in [0.1, 0.15) is 5.82 Å². The third kappa shape index (κ3) is 5.31. The van der Waals surface area contributed by atoms with Gasteiger partial charge in [0.25, 0.3) is 0 Å². The molecule has 0 saturated carbocycles. The summed E-state index contributed by atoms with van der Waals surface area (Å²) in [6.45, 7) is 4.34. The molecule has 0 unspecified atom stereocenters. The Kier molecular flexibility index (Phi) is 7.19. The van der Waals surface area contributed by atoms with Gasteiger partial charge in [-0.15, -0.1) is 10.2 Å². The fraction of sp³-hybridized carbons (Fsp3) is 0.192. The summed E-state index contributed by atoms with van der Waals surface area (Å²) in [5.74, 6) is 0.500. The molecule has 0 radical (unpaired) electrons. The van der Waals surface area contributed by atoms with Gasteiger partial charge in [-0.3, -0.25) is 9.36 Å². The molecule has 4 aromatic rings. The lowest BCUT2D eigenvalue weighted by Gasteiger charge is -2.11. The first kappa shape index (κ1) is 22.7. The molecular formula is C26H25FN4OS. The summed E-state index contributed by atoms with van der Waals surface area (Å²) in [7, 11) is 0. The highest BCUT2D eigenvalue weighted by Gasteiger charge is 2.19. The number of halogens is 1. The molecule has 0 aliphatic heterocycles. The number of amides is 1. The number of carbonyl (C=O) groups excluding carboxylic acids is 1. The number of benzene rings is 3. The van der Waals surface area contributed by atoms with Crippen molar-refractivity contribution in [1.82, 2.24) is 14.8 Å². The van der Waals surface area contributed by atoms with Crippen LogP contribution < -0.4 is 5.32 Å². The molecule has 33 heavy (non-hydrogen) atoms. The predicted octanol–water partition coefficient (Wildman–Crippen LogP) is 6.32. The van der Waals surface area contributed by atoms with Crippen LogP contribution in [-0.2, 0) is 4.79 Å². The second-order valence-electron chi connectivity index (χ2n) is 7.73. The lowest BCUT2D eigenvalue weighted by atomic mass is 9.99. The van der Waals surface area contributed by atoms with Crippen LogP contribution in [0.2, 0.25) is 0 Å². The highest BCUT2D eigenvalue weighted by Crippen LogP contribution is 2.29. The van der Waals surface area contributed by atoms with Crippen molar-refractivity contribution in [2.75, 3.05) is 11.1 Å². The minimum atomic E-state index is -0.378. The summed E-state index contributed by atoms with van der Waals surface area (Å²) in [5.41, 5.74) is 3.15. The summed E-state index contributed by atoms with van der Waals surface area (Å²) in [5, 5.41) is 11.9. The van der Waals surface area contributed by atoms with E-state index >= 15 is 0 Å². The quantitative estimate of drug-likeness (QED) is 0.313. The molecule has 1 heterocycles. The molecule has 4 rings (SSSR count). The average molecular weight is 461 g/mol. The van der Waals surface area contributed by atoms with Crippen LogP contribution in [0.5, 0.6) is 0 Å². The van der Waals surface area contributed by atoms with Crippen LogP contribution in [0, 0.1) is 5.82 Å². The zero-order chi connectivity index (χ0) is 23.2. The van der Waals surface area contributed by atoms with Crippen molar-refractivity contribution in [3.8, 4) is 17.1 Å². The number of nitrogens with zero attached hydrogens (tertiary/aromatic N) is 3. The molecule has 1 atom stereocenters. The highest BCUT2D eigenvalue weighted by molar-refractivity contribution is 7.99. The molecule has 1 aromatic heterocycles. The molecule has 1 N–H and O–H groups in total. The summed E-state index contributed by atoms with van der Waals surface area (Å²) >= 11 is 1.26. The van der Waals surface area contributed by atoms with Crippen molar-refractivity contribution >= 4 is 23.4 Å². The summed E-state index contributed by atoms with van der Waals surface area (Å²) < 4.78 is 16.3. The highest BCUT2D eigenvalue weighted by atomic mass is 32.2. The standard InChI is InChI=1S/C26H25FN4OS/c1-3-18(2)19-13-15-20(16-14-19)28-24(32)17-33-26-30-29-25(22-11-7-8-12-23(22)27)31(26)21-9-5-4-6-10-21/h4-16,18H,3,17H2,1-2H3,(H,28,32)/t18-/m1/s1. The van der Waals surface area contributed by atoms with Crippen LogP contribution in [-0.4, -0.2) is 26.4 Å². The van der Waals surface area contributed by atoms with Crippen molar-refractivity contribution in [3.05, 3.63) is 90.2 Å². The number of anilines is 1. The lowest BCUT2D eigenvalue weighted by Crippen LogP contribution is -2.14. The molecule has 7 heteroatoms. The maximum atomic E-state index is 14.5. The van der Waals surface area contributed by atoms with Gasteiger partial charge in [-0.05, 0) is 54.3 Å². The van der Waals surface area contributed by atoms with E-state index < -0.39 is 0 Å². The van der Waals surface area contributed by atoms with E-state index in [-0.39, 0.29) is 17.5 Å². The Labute approximate surface area is 197 Å². The number of thioether (sulfide) groups is 1. The van der Waals surface area contributed by atoms with Crippen LogP contribution >= 0.6 is 11.8 Å².